The molecule has 2 heterocycles. The quantitative estimate of drug-likeness (QED) is 0.353. The zero-order chi connectivity index (χ0) is 14.5. The van der Waals surface area contributed by atoms with E-state index in [4.69, 9.17) is 16.0 Å². The standard InChI is InChI=1S/C13H20N5OS/c1-3-4-7-18(15)17(2)13-16-11(9-20-13)12-6-5-10(8-14)19-12/h5-6,9H,2-4,7-8,14-15H2,1H3/q+1. The molecular weight excluding hydrogens is 274 g/mol. The molecular formula is C13H20N5OS+. The van der Waals surface area contributed by atoms with Gasteiger partial charge in [-0.25, -0.2) is 5.84 Å². The number of nitrogens with two attached hydrogens (primary N) is 2. The summed E-state index contributed by atoms with van der Waals surface area (Å²) >= 11 is 1.47. The van der Waals surface area contributed by atoms with Crippen LogP contribution in [0.5, 0.6) is 0 Å². The molecule has 0 aromatic carbocycles. The molecule has 0 aliphatic carbocycles. The maximum Gasteiger partial charge on any atom is 0.407 e. The van der Waals surface area contributed by atoms with Crippen molar-refractivity contribution in [3.63, 3.8) is 0 Å². The number of rotatable bonds is 7. The van der Waals surface area contributed by atoms with Crippen LogP contribution in [-0.2, 0) is 6.54 Å². The molecule has 0 atom stereocenters. The van der Waals surface area contributed by atoms with Crippen molar-refractivity contribution in [2.24, 2.45) is 11.6 Å². The average molecular weight is 294 g/mol. The van der Waals surface area contributed by atoms with Crippen LogP contribution in [-0.4, -0.2) is 28.0 Å². The van der Waals surface area contributed by atoms with Gasteiger partial charge in [-0.3, -0.25) is 0 Å². The van der Waals surface area contributed by atoms with Crippen molar-refractivity contribution >= 4 is 23.2 Å². The van der Waals surface area contributed by atoms with E-state index in [9.17, 15) is 0 Å². The average Bonchev–Trinajstić information content (AvgIpc) is 3.11. The third-order valence-electron chi connectivity index (χ3n) is 2.88. The van der Waals surface area contributed by atoms with E-state index >= 15 is 0 Å². The Hall–Kier alpha value is -1.70. The van der Waals surface area contributed by atoms with Gasteiger partial charge >= 0.3 is 5.13 Å². The smallest absolute Gasteiger partial charge is 0.407 e. The number of aromatic nitrogens is 1. The number of hydrogen-bond donors (Lipinski definition) is 2. The molecule has 0 saturated heterocycles. The van der Waals surface area contributed by atoms with Gasteiger partial charge in [0.15, 0.2) is 5.76 Å². The molecule has 7 heteroatoms. The monoisotopic (exact) mass is 294 g/mol. The Kier molecular flexibility index (Phi) is 4.89. The van der Waals surface area contributed by atoms with Gasteiger partial charge in [-0.2, -0.15) is 5.12 Å². The lowest BCUT2D eigenvalue weighted by atomic mass is 10.3. The second kappa shape index (κ2) is 6.65. The third kappa shape index (κ3) is 3.24. The normalized spacial score (nSPS) is 10.8. The van der Waals surface area contributed by atoms with Crippen molar-refractivity contribution in [3.05, 3.63) is 23.3 Å². The molecule has 0 fully saturated rings. The van der Waals surface area contributed by atoms with E-state index < -0.39 is 0 Å². The Morgan fingerprint density at radius 2 is 2.30 bits per heavy atom. The lowest BCUT2D eigenvalue weighted by Gasteiger charge is -2.14. The van der Waals surface area contributed by atoms with Crippen molar-refractivity contribution in [1.29, 1.82) is 0 Å². The molecule has 0 aliphatic rings. The van der Waals surface area contributed by atoms with Crippen LogP contribution >= 0.6 is 11.3 Å². The predicted molar refractivity (Wildman–Crippen MR) is 80.6 cm³/mol. The van der Waals surface area contributed by atoms with Crippen LogP contribution in [0.2, 0.25) is 0 Å². The van der Waals surface area contributed by atoms with E-state index in [-0.39, 0.29) is 0 Å². The lowest BCUT2D eigenvalue weighted by molar-refractivity contribution is -0.620. The van der Waals surface area contributed by atoms with E-state index in [0.717, 1.165) is 36.0 Å². The number of thiazole rings is 1. The van der Waals surface area contributed by atoms with E-state index in [1.807, 2.05) is 17.5 Å². The summed E-state index contributed by atoms with van der Waals surface area (Å²) < 4.78 is 7.18. The Labute approximate surface area is 122 Å². The molecule has 0 aliphatic heterocycles. The second-order valence-electron chi connectivity index (χ2n) is 4.40. The molecule has 0 saturated carbocycles. The molecule has 2 aromatic rings. The molecule has 6 nitrogen and oxygen atoms in total. The Morgan fingerprint density at radius 1 is 1.50 bits per heavy atom. The Bertz CT molecular complexity index is 577. The van der Waals surface area contributed by atoms with Gasteiger partial charge in [0.1, 0.15) is 5.76 Å². The molecule has 20 heavy (non-hydrogen) atoms. The number of hydrazone groups is 1. The third-order valence-corrected chi connectivity index (χ3v) is 3.73. The highest BCUT2D eigenvalue weighted by molar-refractivity contribution is 7.13. The summed E-state index contributed by atoms with van der Waals surface area (Å²) in [6, 6.07) is 3.72. The molecule has 0 unspecified atom stereocenters. The van der Waals surface area contributed by atoms with Crippen molar-refractivity contribution in [3.8, 4) is 11.5 Å². The van der Waals surface area contributed by atoms with E-state index in [2.05, 4.69) is 18.6 Å². The van der Waals surface area contributed by atoms with Gasteiger partial charge in [0.25, 0.3) is 0 Å². The number of hydrazine groups is 2. The second-order valence-corrected chi connectivity index (χ2v) is 5.24. The first-order valence-corrected chi connectivity index (χ1v) is 7.41. The highest BCUT2D eigenvalue weighted by Crippen LogP contribution is 2.27. The largest absolute Gasteiger partial charge is 0.456 e. The van der Waals surface area contributed by atoms with E-state index in [1.54, 1.807) is 9.80 Å². The van der Waals surface area contributed by atoms with Crippen LogP contribution in [0, 0.1) is 0 Å². The van der Waals surface area contributed by atoms with Crippen LogP contribution in [0.1, 0.15) is 25.5 Å². The minimum absolute atomic E-state index is 0.381. The topological polar surface area (TPSA) is 84.3 Å². The van der Waals surface area contributed by atoms with Gasteiger partial charge in [0.05, 0.1) is 25.2 Å². The maximum atomic E-state index is 5.93. The number of hydrogen-bond acceptors (Lipinski definition) is 6. The predicted octanol–water partition coefficient (Wildman–Crippen LogP) is 2.10. The summed E-state index contributed by atoms with van der Waals surface area (Å²) in [6.45, 7) is 7.16. The van der Waals surface area contributed by atoms with Crippen molar-refractivity contribution < 1.29 is 9.10 Å². The lowest BCUT2D eigenvalue weighted by Crippen LogP contribution is -2.38. The minimum Gasteiger partial charge on any atom is -0.456 e. The number of nitrogens with zero attached hydrogens (tertiary/aromatic N) is 3. The van der Waals surface area contributed by atoms with Crippen LogP contribution < -0.4 is 11.6 Å². The molecule has 0 radical (unpaired) electrons. The van der Waals surface area contributed by atoms with Gasteiger partial charge in [-0.1, -0.05) is 13.3 Å². The first-order chi connectivity index (χ1) is 9.65. The van der Waals surface area contributed by atoms with Crippen LogP contribution in [0.3, 0.4) is 0 Å². The molecule has 0 bridgehead atoms. The summed E-state index contributed by atoms with van der Waals surface area (Å²) in [4.78, 5) is 4.48. The van der Waals surface area contributed by atoms with E-state index in [0.29, 0.717) is 12.3 Å². The number of unbranched alkanes of at least 4 members (excludes halogenated alkanes) is 1. The van der Waals surface area contributed by atoms with E-state index in [1.165, 1.54) is 11.3 Å². The zero-order valence-corrected chi connectivity index (χ0v) is 12.4. The van der Waals surface area contributed by atoms with Gasteiger partial charge in [-0.05, 0) is 34.9 Å². The van der Waals surface area contributed by atoms with Gasteiger partial charge in [-0.15, -0.1) is 4.68 Å². The summed E-state index contributed by atoms with van der Waals surface area (Å²) in [5.41, 5.74) is 6.29. The van der Waals surface area contributed by atoms with Crippen molar-refractivity contribution in [1.82, 2.24) is 10.1 Å². The van der Waals surface area contributed by atoms with Gasteiger partial charge in [0.2, 0.25) is 5.69 Å². The van der Waals surface area contributed by atoms with Gasteiger partial charge in [0, 0.05) is 0 Å². The fourth-order valence-electron chi connectivity index (χ4n) is 1.67. The summed E-state index contributed by atoms with van der Waals surface area (Å²) in [6.07, 6.45) is 2.09. The Morgan fingerprint density at radius 3 is 2.95 bits per heavy atom. The fourth-order valence-corrected chi connectivity index (χ4v) is 2.44. The molecule has 0 amide bonds. The zero-order valence-electron chi connectivity index (χ0n) is 11.6. The maximum absolute atomic E-state index is 5.93. The SMILES string of the molecule is C=[N+](c1nc(-c2ccc(CN)o2)cs1)N(N)CCCC. The molecule has 2 rings (SSSR count). The molecule has 0 spiro atoms. The fraction of sp³-hybridized carbons (Fsp3) is 0.385. The summed E-state index contributed by atoms with van der Waals surface area (Å²) in [5, 5.41) is 4.21. The number of furan rings is 1. The molecule has 108 valence electrons. The Balaban J connectivity index is 2.10. The van der Waals surface area contributed by atoms with Crippen LogP contribution in [0.4, 0.5) is 5.13 Å². The highest BCUT2D eigenvalue weighted by atomic mass is 32.1. The first kappa shape index (κ1) is 14.7. The van der Waals surface area contributed by atoms with Crippen LogP contribution in [0.15, 0.2) is 21.9 Å². The van der Waals surface area contributed by atoms with Crippen molar-refractivity contribution in [2.45, 2.75) is 26.3 Å². The molecule has 2 aromatic heterocycles. The summed E-state index contributed by atoms with van der Waals surface area (Å²) in [7, 11) is 0. The summed E-state index contributed by atoms with van der Waals surface area (Å²) in [5.74, 6) is 7.38. The van der Waals surface area contributed by atoms with Crippen molar-refractivity contribution in [2.75, 3.05) is 6.54 Å². The van der Waals surface area contributed by atoms with Crippen LogP contribution in [0.25, 0.3) is 11.5 Å². The first-order valence-electron chi connectivity index (χ1n) is 6.53. The van der Waals surface area contributed by atoms with Gasteiger partial charge < -0.3 is 10.2 Å². The molecule has 4 N–H and O–H groups in total. The highest BCUT2D eigenvalue weighted by Gasteiger charge is 2.20. The minimum atomic E-state index is 0.381.